The van der Waals surface area contributed by atoms with Crippen LogP contribution in [0.3, 0.4) is 0 Å². The number of thioether (sulfide) groups is 1. The standard InChI is InChI=1S/C24H25Cl2N3OS/c1-15-3-5-17(6-4-15)22-23(29-24(28-22)11-9-16(2)10-12-24)31-14-21(30)27-18-7-8-19(25)20(26)13-18/h3-8,13,16H,9-12,14H2,1-2H3,(H,27,30). The molecule has 0 aromatic heterocycles. The van der Waals surface area contributed by atoms with E-state index < -0.39 is 0 Å². The van der Waals surface area contributed by atoms with Crippen LogP contribution >= 0.6 is 35.0 Å². The molecule has 1 N–H and O–H groups in total. The second-order valence-electron chi connectivity index (χ2n) is 8.37. The van der Waals surface area contributed by atoms with Gasteiger partial charge in [0.1, 0.15) is 5.04 Å². The Kier molecular flexibility index (Phi) is 6.75. The normalized spacial score (nSPS) is 22.9. The van der Waals surface area contributed by atoms with E-state index in [-0.39, 0.29) is 17.3 Å². The zero-order valence-electron chi connectivity index (χ0n) is 17.6. The minimum atomic E-state index is -0.366. The third kappa shape index (κ3) is 5.33. The molecule has 1 amide bonds. The Morgan fingerprint density at radius 3 is 2.48 bits per heavy atom. The lowest BCUT2D eigenvalue weighted by molar-refractivity contribution is -0.113. The van der Waals surface area contributed by atoms with Gasteiger partial charge >= 0.3 is 0 Å². The van der Waals surface area contributed by atoms with Crippen molar-refractivity contribution in [2.24, 2.45) is 15.9 Å². The van der Waals surface area contributed by atoms with Gasteiger partial charge in [0.15, 0.2) is 5.66 Å². The lowest BCUT2D eigenvalue weighted by atomic mass is 9.83. The molecular weight excluding hydrogens is 449 g/mol. The van der Waals surface area contributed by atoms with E-state index in [1.54, 1.807) is 18.2 Å². The first-order valence-electron chi connectivity index (χ1n) is 10.5. The summed E-state index contributed by atoms with van der Waals surface area (Å²) < 4.78 is 0. The van der Waals surface area contributed by atoms with Crippen molar-refractivity contribution in [2.75, 3.05) is 11.1 Å². The first-order chi connectivity index (χ1) is 14.8. The molecule has 7 heteroatoms. The van der Waals surface area contributed by atoms with E-state index >= 15 is 0 Å². The number of amides is 1. The number of aliphatic imine (C=N–C) groups is 2. The highest BCUT2D eigenvalue weighted by molar-refractivity contribution is 8.16. The van der Waals surface area contributed by atoms with Gasteiger partial charge in [-0.2, -0.15) is 0 Å². The van der Waals surface area contributed by atoms with Gasteiger partial charge < -0.3 is 5.32 Å². The molecule has 0 radical (unpaired) electrons. The summed E-state index contributed by atoms with van der Waals surface area (Å²) >= 11 is 13.4. The van der Waals surface area contributed by atoms with Gasteiger partial charge in [0, 0.05) is 11.3 Å². The molecule has 0 atom stereocenters. The molecule has 2 aromatic carbocycles. The molecule has 1 aliphatic carbocycles. The van der Waals surface area contributed by atoms with Gasteiger partial charge in [-0.05, 0) is 56.7 Å². The summed E-state index contributed by atoms with van der Waals surface area (Å²) in [5.41, 5.74) is 3.42. The van der Waals surface area contributed by atoms with E-state index in [0.717, 1.165) is 42.0 Å². The van der Waals surface area contributed by atoms with E-state index in [1.165, 1.54) is 17.3 Å². The molecule has 0 bridgehead atoms. The smallest absolute Gasteiger partial charge is 0.234 e. The number of benzene rings is 2. The maximum Gasteiger partial charge on any atom is 0.234 e. The zero-order chi connectivity index (χ0) is 22.0. The monoisotopic (exact) mass is 473 g/mol. The summed E-state index contributed by atoms with van der Waals surface area (Å²) in [5, 5.41) is 4.60. The highest BCUT2D eigenvalue weighted by Gasteiger charge is 2.39. The average molecular weight is 474 g/mol. The molecule has 1 heterocycles. The highest BCUT2D eigenvalue weighted by Crippen LogP contribution is 2.40. The van der Waals surface area contributed by atoms with E-state index in [9.17, 15) is 4.79 Å². The third-order valence-electron chi connectivity index (χ3n) is 5.78. The molecule has 4 rings (SSSR count). The first-order valence-corrected chi connectivity index (χ1v) is 12.2. The maximum atomic E-state index is 12.6. The first kappa shape index (κ1) is 22.4. The van der Waals surface area contributed by atoms with Gasteiger partial charge in [0.2, 0.25) is 5.91 Å². The number of anilines is 1. The van der Waals surface area contributed by atoms with Crippen LogP contribution in [0.15, 0.2) is 52.4 Å². The highest BCUT2D eigenvalue weighted by atomic mass is 35.5. The summed E-state index contributed by atoms with van der Waals surface area (Å²) in [6, 6.07) is 13.4. The number of carbonyl (C=O) groups excluding carboxylic acids is 1. The predicted octanol–water partition coefficient (Wildman–Crippen LogP) is 6.78. The lowest BCUT2D eigenvalue weighted by Gasteiger charge is -2.30. The SMILES string of the molecule is Cc1ccc(C2=NC3(CCC(C)CC3)N=C2SCC(=O)Nc2ccc(Cl)c(Cl)c2)cc1. The topological polar surface area (TPSA) is 53.8 Å². The Labute approximate surface area is 197 Å². The van der Waals surface area contributed by atoms with Crippen LogP contribution in [-0.2, 0) is 4.79 Å². The van der Waals surface area contributed by atoms with Gasteiger partial charge in [-0.15, -0.1) is 0 Å². The number of nitrogens with zero attached hydrogens (tertiary/aromatic N) is 2. The largest absolute Gasteiger partial charge is 0.325 e. The van der Waals surface area contributed by atoms with Crippen LogP contribution in [0.4, 0.5) is 5.69 Å². The Balaban J connectivity index is 1.50. The molecule has 0 saturated heterocycles. The van der Waals surface area contributed by atoms with E-state index in [0.29, 0.717) is 21.7 Å². The average Bonchev–Trinajstić information content (AvgIpc) is 3.10. The second kappa shape index (κ2) is 9.35. The van der Waals surface area contributed by atoms with E-state index in [2.05, 4.69) is 43.4 Å². The number of hydrogen-bond donors (Lipinski definition) is 1. The molecule has 1 aliphatic heterocycles. The summed E-state index contributed by atoms with van der Waals surface area (Å²) in [6.07, 6.45) is 4.18. The van der Waals surface area contributed by atoms with Crippen LogP contribution in [-0.4, -0.2) is 28.1 Å². The number of hydrogen-bond acceptors (Lipinski definition) is 4. The molecule has 31 heavy (non-hydrogen) atoms. The molecule has 162 valence electrons. The molecule has 4 nitrogen and oxygen atoms in total. The summed E-state index contributed by atoms with van der Waals surface area (Å²) in [6.45, 7) is 4.36. The molecule has 0 unspecified atom stereocenters. The predicted molar refractivity (Wildman–Crippen MR) is 133 cm³/mol. The molecule has 2 aliphatic rings. The third-order valence-corrected chi connectivity index (χ3v) is 7.48. The fourth-order valence-corrected chi connectivity index (χ4v) is 5.05. The number of nitrogens with one attached hydrogen (secondary N) is 1. The minimum absolute atomic E-state index is 0.118. The van der Waals surface area contributed by atoms with Crippen LogP contribution in [0.25, 0.3) is 0 Å². The lowest BCUT2D eigenvalue weighted by Crippen LogP contribution is -2.28. The van der Waals surface area contributed by atoms with Crippen molar-refractivity contribution in [1.29, 1.82) is 0 Å². The van der Waals surface area contributed by atoms with Crippen molar-refractivity contribution in [2.45, 2.75) is 45.2 Å². The van der Waals surface area contributed by atoms with Gasteiger partial charge in [-0.25, -0.2) is 4.99 Å². The molecule has 1 spiro atoms. The van der Waals surface area contributed by atoms with Crippen molar-refractivity contribution in [3.8, 4) is 0 Å². The van der Waals surface area contributed by atoms with Gasteiger partial charge in [0.25, 0.3) is 0 Å². The number of rotatable bonds is 4. The Hall–Kier alpha value is -1.82. The number of halogens is 2. The molecule has 1 saturated carbocycles. The van der Waals surface area contributed by atoms with Gasteiger partial charge in [-0.3, -0.25) is 9.79 Å². The van der Waals surface area contributed by atoms with Crippen LogP contribution < -0.4 is 5.32 Å². The number of carbonyl (C=O) groups is 1. The van der Waals surface area contributed by atoms with Crippen LogP contribution in [0.5, 0.6) is 0 Å². The quantitative estimate of drug-likeness (QED) is 0.531. The fourth-order valence-electron chi connectivity index (χ4n) is 3.88. The van der Waals surface area contributed by atoms with E-state index in [1.807, 2.05) is 0 Å². The van der Waals surface area contributed by atoms with Crippen molar-refractivity contribution < 1.29 is 4.79 Å². The Morgan fingerprint density at radius 1 is 1.10 bits per heavy atom. The summed E-state index contributed by atoms with van der Waals surface area (Å²) in [7, 11) is 0. The Bertz CT molecular complexity index is 1040. The maximum absolute atomic E-state index is 12.6. The Morgan fingerprint density at radius 2 is 1.81 bits per heavy atom. The zero-order valence-corrected chi connectivity index (χ0v) is 19.9. The molecule has 2 aromatic rings. The van der Waals surface area contributed by atoms with Crippen molar-refractivity contribution in [3.63, 3.8) is 0 Å². The van der Waals surface area contributed by atoms with Crippen LogP contribution in [0.1, 0.15) is 43.7 Å². The van der Waals surface area contributed by atoms with Crippen LogP contribution in [0.2, 0.25) is 10.0 Å². The molecular formula is C24H25Cl2N3OS. The van der Waals surface area contributed by atoms with E-state index in [4.69, 9.17) is 33.2 Å². The van der Waals surface area contributed by atoms with Crippen molar-refractivity contribution in [1.82, 2.24) is 0 Å². The molecule has 1 fully saturated rings. The van der Waals surface area contributed by atoms with Crippen molar-refractivity contribution >= 4 is 57.3 Å². The van der Waals surface area contributed by atoms with Gasteiger partial charge in [0.05, 0.1) is 21.5 Å². The minimum Gasteiger partial charge on any atom is -0.325 e. The second-order valence-corrected chi connectivity index (χ2v) is 10.2. The number of aryl methyl sites for hydroxylation is 1. The summed E-state index contributed by atoms with van der Waals surface area (Å²) in [4.78, 5) is 22.7. The fraction of sp³-hybridized carbons (Fsp3) is 0.375. The van der Waals surface area contributed by atoms with Crippen LogP contribution in [0, 0.1) is 12.8 Å². The van der Waals surface area contributed by atoms with Crippen molar-refractivity contribution in [3.05, 3.63) is 63.6 Å². The van der Waals surface area contributed by atoms with Gasteiger partial charge in [-0.1, -0.05) is 71.7 Å². The summed E-state index contributed by atoms with van der Waals surface area (Å²) in [5.74, 6) is 0.844.